The lowest BCUT2D eigenvalue weighted by Gasteiger charge is -2.05. The Bertz CT molecular complexity index is 534. The first-order valence-corrected chi connectivity index (χ1v) is 6.58. The van der Waals surface area contributed by atoms with Gasteiger partial charge in [-0.1, -0.05) is 44.7 Å². The Morgan fingerprint density at radius 2 is 2.00 bits per heavy atom. The third-order valence-corrected chi connectivity index (χ3v) is 2.74. The minimum Gasteiger partial charge on any atom is -0.318 e. The fourth-order valence-corrected chi connectivity index (χ4v) is 1.49. The van der Waals surface area contributed by atoms with Crippen molar-refractivity contribution in [3.8, 4) is 0 Å². The number of allylic oxidation sites excluding steroid dienone is 2. The fraction of sp³-hybridized carbons (Fsp3) is 0.312. The van der Waals surface area contributed by atoms with E-state index >= 15 is 0 Å². The number of aryl methyl sites for hydroxylation is 1. The minimum atomic E-state index is -0.517. The maximum Gasteiger partial charge on any atom is 0.277 e. The van der Waals surface area contributed by atoms with E-state index in [0.29, 0.717) is 29.0 Å². The van der Waals surface area contributed by atoms with Crippen molar-refractivity contribution in [2.24, 2.45) is 0 Å². The molecule has 1 N–H and O–H groups in total. The van der Waals surface area contributed by atoms with Gasteiger partial charge in [0.25, 0.3) is 5.70 Å². The van der Waals surface area contributed by atoms with Gasteiger partial charge in [-0.3, -0.25) is 14.9 Å². The molecule has 0 aliphatic carbocycles. The zero-order chi connectivity index (χ0) is 16.4. The molecule has 0 aromatic heterocycles. The zero-order valence-corrected chi connectivity index (χ0v) is 12.9. The largest absolute Gasteiger partial charge is 0.318 e. The molecule has 0 amide bonds. The Balaban J connectivity index is 0.000000690. The van der Waals surface area contributed by atoms with E-state index in [9.17, 15) is 14.9 Å². The molecule has 0 saturated heterocycles. The van der Waals surface area contributed by atoms with Gasteiger partial charge in [0.15, 0.2) is 6.29 Å². The molecule has 0 atom stereocenters. The molecule has 0 heterocycles. The van der Waals surface area contributed by atoms with Crippen molar-refractivity contribution >= 4 is 12.0 Å². The molecular weight excluding hydrogens is 268 g/mol. The van der Waals surface area contributed by atoms with Crippen molar-refractivity contribution in [1.82, 2.24) is 5.32 Å². The SMILES string of the molecule is C=C/C=C(\c1c(C)cccc1C=O)[N+](=O)[O-].CNC(C)C. The highest BCUT2D eigenvalue weighted by Gasteiger charge is 2.19. The third kappa shape index (κ3) is 6.14. The lowest BCUT2D eigenvalue weighted by Crippen LogP contribution is -2.15. The van der Waals surface area contributed by atoms with Gasteiger partial charge >= 0.3 is 0 Å². The topological polar surface area (TPSA) is 72.2 Å². The second kappa shape index (κ2) is 9.61. The molecule has 5 nitrogen and oxygen atoms in total. The molecule has 0 unspecified atom stereocenters. The van der Waals surface area contributed by atoms with Crippen LogP contribution in [0, 0.1) is 17.0 Å². The van der Waals surface area contributed by atoms with Crippen molar-refractivity contribution in [3.05, 3.63) is 63.7 Å². The smallest absolute Gasteiger partial charge is 0.277 e. The van der Waals surface area contributed by atoms with Crippen LogP contribution in [0.2, 0.25) is 0 Å². The summed E-state index contributed by atoms with van der Waals surface area (Å²) in [7, 11) is 1.95. The summed E-state index contributed by atoms with van der Waals surface area (Å²) in [6, 6.07) is 5.60. The summed E-state index contributed by atoms with van der Waals surface area (Å²) in [6.07, 6.45) is 3.23. The average molecular weight is 290 g/mol. The molecule has 0 spiro atoms. The normalized spacial score (nSPS) is 10.6. The van der Waals surface area contributed by atoms with E-state index in [1.54, 1.807) is 25.1 Å². The maximum atomic E-state index is 10.9. The summed E-state index contributed by atoms with van der Waals surface area (Å²) >= 11 is 0. The van der Waals surface area contributed by atoms with Gasteiger partial charge in [-0.2, -0.15) is 0 Å². The number of carbonyl (C=O) groups excluding carboxylic acids is 1. The van der Waals surface area contributed by atoms with E-state index < -0.39 is 4.92 Å². The number of benzene rings is 1. The van der Waals surface area contributed by atoms with Crippen molar-refractivity contribution < 1.29 is 9.72 Å². The number of nitro groups is 1. The van der Waals surface area contributed by atoms with Crippen molar-refractivity contribution in [1.29, 1.82) is 0 Å². The van der Waals surface area contributed by atoms with Crippen LogP contribution in [0.5, 0.6) is 0 Å². The van der Waals surface area contributed by atoms with Gasteiger partial charge in [0, 0.05) is 17.7 Å². The Labute approximate surface area is 125 Å². The molecule has 1 rings (SSSR count). The van der Waals surface area contributed by atoms with Crippen LogP contribution in [0.25, 0.3) is 5.70 Å². The summed E-state index contributed by atoms with van der Waals surface area (Å²) in [5.74, 6) is 0. The Hall–Kier alpha value is -2.27. The van der Waals surface area contributed by atoms with E-state index in [1.807, 2.05) is 7.05 Å². The predicted octanol–water partition coefficient (Wildman–Crippen LogP) is 3.23. The molecule has 1 aromatic carbocycles. The Morgan fingerprint density at radius 1 is 1.43 bits per heavy atom. The first-order valence-electron chi connectivity index (χ1n) is 6.58. The minimum absolute atomic E-state index is 0.116. The van der Waals surface area contributed by atoms with Gasteiger partial charge in [-0.15, -0.1) is 0 Å². The molecular formula is C16H22N2O3. The first kappa shape index (κ1) is 18.7. The van der Waals surface area contributed by atoms with Crippen LogP contribution in [0.3, 0.4) is 0 Å². The van der Waals surface area contributed by atoms with Gasteiger partial charge in [0.2, 0.25) is 0 Å². The molecule has 0 aliphatic rings. The molecule has 0 saturated carbocycles. The maximum absolute atomic E-state index is 10.9. The van der Waals surface area contributed by atoms with Crippen LogP contribution >= 0.6 is 0 Å². The summed E-state index contributed by atoms with van der Waals surface area (Å²) in [6.45, 7) is 9.37. The number of rotatable bonds is 5. The molecule has 0 fully saturated rings. The van der Waals surface area contributed by atoms with Gasteiger partial charge in [0.05, 0.1) is 10.5 Å². The van der Waals surface area contributed by atoms with Crippen molar-refractivity contribution in [2.75, 3.05) is 7.05 Å². The first-order chi connectivity index (χ1) is 9.88. The fourth-order valence-electron chi connectivity index (χ4n) is 1.49. The highest BCUT2D eigenvalue weighted by molar-refractivity contribution is 5.85. The third-order valence-electron chi connectivity index (χ3n) is 2.74. The highest BCUT2D eigenvalue weighted by Crippen LogP contribution is 2.22. The van der Waals surface area contributed by atoms with E-state index in [4.69, 9.17) is 0 Å². The number of hydrogen-bond acceptors (Lipinski definition) is 4. The monoisotopic (exact) mass is 290 g/mol. The van der Waals surface area contributed by atoms with Crippen LogP contribution in [0.1, 0.15) is 35.3 Å². The van der Waals surface area contributed by atoms with E-state index in [1.165, 1.54) is 12.2 Å². The predicted molar refractivity (Wildman–Crippen MR) is 85.9 cm³/mol. The van der Waals surface area contributed by atoms with Crippen LogP contribution in [-0.4, -0.2) is 24.3 Å². The molecule has 5 heteroatoms. The van der Waals surface area contributed by atoms with Gasteiger partial charge in [0.1, 0.15) is 0 Å². The van der Waals surface area contributed by atoms with Crippen LogP contribution < -0.4 is 5.32 Å². The van der Waals surface area contributed by atoms with E-state index in [0.717, 1.165) is 0 Å². The summed E-state index contributed by atoms with van der Waals surface area (Å²) in [5, 5.41) is 13.9. The van der Waals surface area contributed by atoms with Crippen molar-refractivity contribution in [2.45, 2.75) is 26.8 Å². The average Bonchev–Trinajstić information content (AvgIpc) is 2.45. The van der Waals surface area contributed by atoms with Gasteiger partial charge < -0.3 is 5.32 Å². The molecule has 0 aliphatic heterocycles. The molecule has 0 radical (unpaired) electrons. The Kier molecular flexibility index (Phi) is 8.57. The van der Waals surface area contributed by atoms with Crippen LogP contribution in [0.4, 0.5) is 0 Å². The lowest BCUT2D eigenvalue weighted by molar-refractivity contribution is -0.375. The highest BCUT2D eigenvalue weighted by atomic mass is 16.6. The summed E-state index contributed by atoms with van der Waals surface area (Å²) in [5.41, 5.74) is 1.23. The number of aldehydes is 1. The van der Waals surface area contributed by atoms with Crippen LogP contribution in [0.15, 0.2) is 36.9 Å². The lowest BCUT2D eigenvalue weighted by atomic mass is 9.99. The number of carbonyl (C=O) groups is 1. The quantitative estimate of drug-likeness (QED) is 0.391. The van der Waals surface area contributed by atoms with E-state index in [-0.39, 0.29) is 5.70 Å². The van der Waals surface area contributed by atoms with Crippen molar-refractivity contribution in [3.63, 3.8) is 0 Å². The second-order valence-electron chi connectivity index (χ2n) is 4.65. The number of nitrogens with one attached hydrogen (secondary N) is 1. The van der Waals surface area contributed by atoms with Crippen LogP contribution in [-0.2, 0) is 0 Å². The molecule has 0 bridgehead atoms. The summed E-state index contributed by atoms with van der Waals surface area (Å²) < 4.78 is 0. The van der Waals surface area contributed by atoms with Gasteiger partial charge in [-0.05, 0) is 19.5 Å². The Morgan fingerprint density at radius 3 is 2.38 bits per heavy atom. The summed E-state index contributed by atoms with van der Waals surface area (Å²) in [4.78, 5) is 21.2. The molecule has 21 heavy (non-hydrogen) atoms. The molecule has 1 aromatic rings. The molecule has 114 valence electrons. The van der Waals surface area contributed by atoms with E-state index in [2.05, 4.69) is 25.7 Å². The zero-order valence-electron chi connectivity index (χ0n) is 12.9. The standard InChI is InChI=1S/C12H11NO3.C4H11N/c1-3-5-11(13(15)16)12-9(2)6-4-7-10(12)8-14;1-4(2)5-3/h3-8H,1H2,2H3;4-5H,1-3H3/b11-5+;. The number of hydrogen-bond donors (Lipinski definition) is 1. The number of nitrogens with zero attached hydrogens (tertiary/aromatic N) is 1. The van der Waals surface area contributed by atoms with Gasteiger partial charge in [-0.25, -0.2) is 0 Å². The second-order valence-corrected chi connectivity index (χ2v) is 4.65.